The van der Waals surface area contributed by atoms with E-state index < -0.39 is 23.5 Å². The fourth-order valence-corrected chi connectivity index (χ4v) is 2.69. The first-order chi connectivity index (χ1) is 13.3. The molecule has 0 aliphatic carbocycles. The van der Waals surface area contributed by atoms with Gasteiger partial charge in [-0.2, -0.15) is 13.2 Å². The van der Waals surface area contributed by atoms with Gasteiger partial charge in [-0.05, 0) is 24.0 Å². The molecular formula is C18H18F3N3O3S. The molecule has 0 radical (unpaired) electrons. The minimum atomic E-state index is -4.61. The lowest BCUT2D eigenvalue weighted by Crippen LogP contribution is -2.29. The lowest BCUT2D eigenvalue weighted by atomic mass is 10.0. The monoisotopic (exact) mass is 413 g/mol. The number of alkyl halides is 3. The molecule has 0 aliphatic rings. The van der Waals surface area contributed by atoms with Crippen LogP contribution in [0.5, 0.6) is 5.88 Å². The molecule has 28 heavy (non-hydrogen) atoms. The van der Waals surface area contributed by atoms with Crippen LogP contribution >= 0.6 is 11.8 Å². The number of carbonyl (C=O) groups is 1. The van der Waals surface area contributed by atoms with Crippen molar-refractivity contribution in [2.24, 2.45) is 5.16 Å². The van der Waals surface area contributed by atoms with E-state index >= 15 is 0 Å². The Hall–Kier alpha value is -2.75. The first-order valence-electron chi connectivity index (χ1n) is 7.98. The van der Waals surface area contributed by atoms with E-state index in [2.05, 4.69) is 15.5 Å². The number of carbonyl (C=O) groups excluding carboxylic acids is 1. The minimum Gasteiger partial charge on any atom is -0.472 e. The van der Waals surface area contributed by atoms with Gasteiger partial charge in [0.15, 0.2) is 5.71 Å². The second-order valence-electron chi connectivity index (χ2n) is 5.35. The zero-order valence-corrected chi connectivity index (χ0v) is 16.1. The van der Waals surface area contributed by atoms with Crippen molar-refractivity contribution in [1.29, 1.82) is 0 Å². The highest BCUT2D eigenvalue weighted by atomic mass is 32.2. The van der Waals surface area contributed by atoms with Crippen molar-refractivity contribution in [3.8, 4) is 5.88 Å². The number of ether oxygens (including phenoxy) is 1. The Morgan fingerprint density at radius 3 is 2.57 bits per heavy atom. The predicted octanol–water partition coefficient (Wildman–Crippen LogP) is 3.50. The Bertz CT molecular complexity index is 873. The van der Waals surface area contributed by atoms with Gasteiger partial charge in [-0.15, -0.1) is 11.8 Å². The molecule has 1 amide bonds. The molecule has 0 fully saturated rings. The van der Waals surface area contributed by atoms with E-state index in [9.17, 15) is 18.0 Å². The van der Waals surface area contributed by atoms with Gasteiger partial charge in [0, 0.05) is 12.6 Å². The molecule has 0 spiro atoms. The minimum absolute atomic E-state index is 0.0222. The zero-order valence-electron chi connectivity index (χ0n) is 15.3. The molecule has 6 nitrogen and oxygen atoms in total. The SMILES string of the molecule is CNC(=O)/C(=N\OC)c1ccccc1COc1nc(SC)ccc1C(F)(F)F. The largest absolute Gasteiger partial charge is 0.472 e. The number of hydrogen-bond acceptors (Lipinski definition) is 6. The maximum atomic E-state index is 13.3. The molecule has 1 heterocycles. The van der Waals surface area contributed by atoms with Crippen molar-refractivity contribution in [2.75, 3.05) is 20.4 Å². The number of benzene rings is 1. The summed E-state index contributed by atoms with van der Waals surface area (Å²) in [6.45, 7) is -0.246. The zero-order chi connectivity index (χ0) is 20.7. The fraction of sp³-hybridized carbons (Fsp3) is 0.278. The normalized spacial score (nSPS) is 11.9. The van der Waals surface area contributed by atoms with E-state index in [-0.39, 0.29) is 12.3 Å². The van der Waals surface area contributed by atoms with Crippen molar-refractivity contribution < 1.29 is 27.5 Å². The molecule has 1 aromatic heterocycles. The van der Waals surface area contributed by atoms with Crippen molar-refractivity contribution in [1.82, 2.24) is 10.3 Å². The average molecular weight is 413 g/mol. The van der Waals surface area contributed by atoms with Gasteiger partial charge in [0.05, 0.1) is 5.03 Å². The molecule has 1 N–H and O–H groups in total. The van der Waals surface area contributed by atoms with Crippen LogP contribution in [0.15, 0.2) is 46.6 Å². The summed E-state index contributed by atoms with van der Waals surface area (Å²) in [6, 6.07) is 8.77. The van der Waals surface area contributed by atoms with Crippen LogP contribution in [-0.4, -0.2) is 37.0 Å². The van der Waals surface area contributed by atoms with E-state index in [1.54, 1.807) is 30.5 Å². The maximum absolute atomic E-state index is 13.3. The summed E-state index contributed by atoms with van der Waals surface area (Å²) in [5.74, 6) is -1.04. The quantitative estimate of drug-likeness (QED) is 0.427. The Kier molecular flexibility index (Phi) is 7.27. The number of nitrogens with zero attached hydrogens (tertiary/aromatic N) is 2. The van der Waals surface area contributed by atoms with Crippen LogP contribution in [0.2, 0.25) is 0 Å². The summed E-state index contributed by atoms with van der Waals surface area (Å²) >= 11 is 1.20. The first kappa shape index (κ1) is 21.5. The Labute approximate surface area is 164 Å². The van der Waals surface area contributed by atoms with Gasteiger partial charge in [0.2, 0.25) is 5.88 Å². The average Bonchev–Trinajstić information content (AvgIpc) is 2.69. The van der Waals surface area contributed by atoms with Crippen LogP contribution in [-0.2, 0) is 22.4 Å². The number of rotatable bonds is 7. The Morgan fingerprint density at radius 1 is 1.25 bits per heavy atom. The second kappa shape index (κ2) is 9.45. The standard InChI is InChI=1S/C18H18F3N3O3S/c1-22-16(25)15(24-26-2)12-7-5-4-6-11(12)10-27-17-13(18(19,20)21)8-9-14(23-17)28-3/h4-9H,10H2,1-3H3,(H,22,25)/b24-15-. The number of halogens is 3. The molecule has 2 aromatic rings. The molecular weight excluding hydrogens is 395 g/mol. The first-order valence-corrected chi connectivity index (χ1v) is 9.20. The smallest absolute Gasteiger partial charge is 0.421 e. The third-order valence-corrected chi connectivity index (χ3v) is 4.26. The highest BCUT2D eigenvalue weighted by Gasteiger charge is 2.35. The van der Waals surface area contributed by atoms with Crippen LogP contribution < -0.4 is 10.1 Å². The van der Waals surface area contributed by atoms with Crippen LogP contribution in [0.25, 0.3) is 0 Å². The summed E-state index contributed by atoms with van der Waals surface area (Å²) in [5.41, 5.74) is -0.171. The number of amides is 1. The molecule has 10 heteroatoms. The number of hydrogen-bond donors (Lipinski definition) is 1. The third kappa shape index (κ3) is 5.16. The van der Waals surface area contributed by atoms with Crippen molar-refractivity contribution >= 4 is 23.4 Å². The third-order valence-electron chi connectivity index (χ3n) is 3.61. The summed E-state index contributed by atoms with van der Waals surface area (Å²) in [5, 5.41) is 6.55. The highest BCUT2D eigenvalue weighted by Crippen LogP contribution is 2.36. The van der Waals surface area contributed by atoms with Crippen LogP contribution in [0.4, 0.5) is 13.2 Å². The molecule has 150 valence electrons. The Morgan fingerprint density at radius 2 is 1.96 bits per heavy atom. The van der Waals surface area contributed by atoms with Crippen molar-refractivity contribution in [3.05, 3.63) is 53.1 Å². The lowest BCUT2D eigenvalue weighted by molar-refractivity contribution is -0.139. The number of nitrogens with one attached hydrogen (secondary N) is 1. The van der Waals surface area contributed by atoms with Crippen molar-refractivity contribution in [3.63, 3.8) is 0 Å². The number of likely N-dealkylation sites (N-methyl/N-ethyl adjacent to an activating group) is 1. The van der Waals surface area contributed by atoms with E-state index in [1.165, 1.54) is 32.0 Å². The molecule has 0 saturated heterocycles. The van der Waals surface area contributed by atoms with E-state index in [0.29, 0.717) is 16.2 Å². The molecule has 0 saturated carbocycles. The summed E-state index contributed by atoms with van der Waals surface area (Å²) < 4.78 is 45.2. The molecule has 0 unspecified atom stereocenters. The molecule has 2 rings (SSSR count). The van der Waals surface area contributed by atoms with Crippen LogP contribution in [0.1, 0.15) is 16.7 Å². The van der Waals surface area contributed by atoms with Crippen molar-refractivity contribution in [2.45, 2.75) is 17.8 Å². The summed E-state index contributed by atoms with van der Waals surface area (Å²) in [7, 11) is 2.72. The maximum Gasteiger partial charge on any atom is 0.421 e. The van der Waals surface area contributed by atoms with E-state index in [4.69, 9.17) is 9.57 Å². The van der Waals surface area contributed by atoms with Crippen LogP contribution in [0, 0.1) is 0 Å². The molecule has 1 aromatic carbocycles. The summed E-state index contributed by atoms with van der Waals surface area (Å²) in [6.07, 6.45) is -2.91. The summed E-state index contributed by atoms with van der Waals surface area (Å²) in [4.78, 5) is 20.7. The molecule has 0 bridgehead atoms. The van der Waals surface area contributed by atoms with E-state index in [0.717, 1.165) is 6.07 Å². The topological polar surface area (TPSA) is 72.8 Å². The van der Waals surface area contributed by atoms with Gasteiger partial charge in [0.25, 0.3) is 5.91 Å². The van der Waals surface area contributed by atoms with Gasteiger partial charge in [-0.1, -0.05) is 29.4 Å². The van der Waals surface area contributed by atoms with Gasteiger partial charge in [-0.3, -0.25) is 4.79 Å². The molecule has 0 atom stereocenters. The number of thioether (sulfide) groups is 1. The molecule has 0 aliphatic heterocycles. The Balaban J connectivity index is 2.39. The fourth-order valence-electron chi connectivity index (χ4n) is 2.31. The van der Waals surface area contributed by atoms with Gasteiger partial charge < -0.3 is 14.9 Å². The lowest BCUT2D eigenvalue weighted by Gasteiger charge is -2.15. The number of oxime groups is 1. The van der Waals surface area contributed by atoms with Crippen LogP contribution in [0.3, 0.4) is 0 Å². The van der Waals surface area contributed by atoms with Gasteiger partial charge in [-0.25, -0.2) is 4.98 Å². The van der Waals surface area contributed by atoms with Gasteiger partial charge in [0.1, 0.15) is 19.3 Å². The second-order valence-corrected chi connectivity index (χ2v) is 6.18. The van der Waals surface area contributed by atoms with Gasteiger partial charge >= 0.3 is 6.18 Å². The predicted molar refractivity (Wildman–Crippen MR) is 99.4 cm³/mol. The van der Waals surface area contributed by atoms with E-state index in [1.807, 2.05) is 0 Å². The number of pyridine rings is 1. The highest BCUT2D eigenvalue weighted by molar-refractivity contribution is 7.98. The number of aromatic nitrogens is 1.